The molecule has 0 radical (unpaired) electrons. The third-order valence-corrected chi connectivity index (χ3v) is 4.61. The summed E-state index contributed by atoms with van der Waals surface area (Å²) in [4.78, 5) is 8.05. The average Bonchev–Trinajstić information content (AvgIpc) is 2.27. The van der Waals surface area contributed by atoms with Crippen LogP contribution >= 0.6 is 0 Å². The monoisotopic (exact) mass is 270 g/mol. The summed E-state index contributed by atoms with van der Waals surface area (Å²) < 4.78 is 26.1. The van der Waals surface area contributed by atoms with E-state index in [1.807, 2.05) is 0 Å². The van der Waals surface area contributed by atoms with Crippen molar-refractivity contribution in [1.82, 2.24) is 14.3 Å². The third kappa shape index (κ3) is 2.68. The Morgan fingerprint density at radius 2 is 1.94 bits per heavy atom. The predicted molar refractivity (Wildman–Crippen MR) is 67.5 cm³/mol. The molecule has 2 rings (SSSR count). The van der Waals surface area contributed by atoms with Gasteiger partial charge in [0.15, 0.2) is 0 Å². The summed E-state index contributed by atoms with van der Waals surface area (Å²) in [7, 11) is -3.61. The minimum absolute atomic E-state index is 0.0977. The molecule has 100 valence electrons. The van der Waals surface area contributed by atoms with Crippen LogP contribution in [0, 0.1) is 13.8 Å². The molecular formula is C11H18N4O2S. The number of aryl methyl sites for hydroxylation is 2. The fraction of sp³-hybridized carbons (Fsp3) is 0.636. The van der Waals surface area contributed by atoms with Crippen LogP contribution in [-0.4, -0.2) is 41.8 Å². The molecule has 1 aromatic rings. The van der Waals surface area contributed by atoms with Crippen LogP contribution in [0.5, 0.6) is 0 Å². The summed E-state index contributed by atoms with van der Waals surface area (Å²) in [5.41, 5.74) is 7.12. The van der Waals surface area contributed by atoms with Crippen LogP contribution in [-0.2, 0) is 10.0 Å². The molecule has 0 saturated carbocycles. The third-order valence-electron chi connectivity index (χ3n) is 2.95. The highest BCUT2D eigenvalue weighted by Gasteiger charge is 2.31. The molecule has 0 spiro atoms. The lowest BCUT2D eigenvalue weighted by atomic mass is 10.1. The number of piperidine rings is 1. The van der Waals surface area contributed by atoms with Crippen molar-refractivity contribution in [2.24, 2.45) is 5.73 Å². The van der Waals surface area contributed by atoms with Crippen LogP contribution in [0.15, 0.2) is 11.2 Å². The maximum absolute atomic E-state index is 12.4. The molecule has 1 saturated heterocycles. The van der Waals surface area contributed by atoms with E-state index in [4.69, 9.17) is 5.73 Å². The van der Waals surface area contributed by atoms with E-state index < -0.39 is 10.0 Å². The van der Waals surface area contributed by atoms with Crippen LogP contribution < -0.4 is 5.73 Å². The Labute approximate surface area is 107 Å². The SMILES string of the molecule is Cc1cc(C)nc(S(=O)(=O)N2CCCC(N)C2)n1. The Balaban J connectivity index is 2.35. The van der Waals surface area contributed by atoms with Gasteiger partial charge in [-0.05, 0) is 32.8 Å². The zero-order valence-corrected chi connectivity index (χ0v) is 11.4. The molecule has 1 aliphatic heterocycles. The Morgan fingerprint density at radius 3 is 2.50 bits per heavy atom. The molecule has 7 heteroatoms. The first-order valence-electron chi connectivity index (χ1n) is 5.97. The van der Waals surface area contributed by atoms with Gasteiger partial charge in [0.25, 0.3) is 15.2 Å². The molecule has 1 atom stereocenters. The fourth-order valence-corrected chi connectivity index (χ4v) is 3.62. The van der Waals surface area contributed by atoms with E-state index in [9.17, 15) is 8.42 Å². The summed E-state index contributed by atoms with van der Waals surface area (Å²) >= 11 is 0. The van der Waals surface area contributed by atoms with Crippen molar-refractivity contribution in [2.75, 3.05) is 13.1 Å². The van der Waals surface area contributed by atoms with Crippen LogP contribution in [0.2, 0.25) is 0 Å². The lowest BCUT2D eigenvalue weighted by Crippen LogP contribution is -2.46. The molecule has 0 aliphatic carbocycles. The lowest BCUT2D eigenvalue weighted by molar-refractivity contribution is 0.314. The van der Waals surface area contributed by atoms with Gasteiger partial charge in [-0.15, -0.1) is 0 Å². The van der Waals surface area contributed by atoms with Gasteiger partial charge in [-0.2, -0.15) is 4.31 Å². The number of rotatable bonds is 2. The van der Waals surface area contributed by atoms with Crippen molar-refractivity contribution >= 4 is 10.0 Å². The van der Waals surface area contributed by atoms with Crippen molar-refractivity contribution in [3.8, 4) is 0 Å². The van der Waals surface area contributed by atoms with Gasteiger partial charge in [-0.1, -0.05) is 0 Å². The van der Waals surface area contributed by atoms with E-state index in [1.54, 1.807) is 19.9 Å². The van der Waals surface area contributed by atoms with E-state index in [0.717, 1.165) is 12.8 Å². The maximum atomic E-state index is 12.4. The summed E-state index contributed by atoms with van der Waals surface area (Å²) in [6.45, 7) is 4.36. The Hall–Kier alpha value is -1.05. The van der Waals surface area contributed by atoms with Crippen molar-refractivity contribution in [1.29, 1.82) is 0 Å². The van der Waals surface area contributed by atoms with Crippen molar-refractivity contribution < 1.29 is 8.42 Å². The molecule has 0 aromatic carbocycles. The van der Waals surface area contributed by atoms with Crippen molar-refractivity contribution in [2.45, 2.75) is 37.9 Å². The number of nitrogens with zero attached hydrogens (tertiary/aromatic N) is 3. The highest BCUT2D eigenvalue weighted by molar-refractivity contribution is 7.88. The normalized spacial score (nSPS) is 22.1. The van der Waals surface area contributed by atoms with Crippen molar-refractivity contribution in [3.63, 3.8) is 0 Å². The number of hydrogen-bond donors (Lipinski definition) is 1. The van der Waals surface area contributed by atoms with E-state index >= 15 is 0 Å². The summed E-state index contributed by atoms with van der Waals surface area (Å²) in [5.74, 6) is 0. The molecule has 1 aliphatic rings. The van der Waals surface area contributed by atoms with Gasteiger partial charge in [-0.25, -0.2) is 18.4 Å². The Bertz CT molecular complexity index is 524. The van der Waals surface area contributed by atoms with Gasteiger partial charge < -0.3 is 5.73 Å². The quantitative estimate of drug-likeness (QED) is 0.776. The molecular weight excluding hydrogens is 252 g/mol. The molecule has 2 N–H and O–H groups in total. The van der Waals surface area contributed by atoms with E-state index in [0.29, 0.717) is 24.5 Å². The molecule has 0 amide bonds. The zero-order chi connectivity index (χ0) is 13.3. The van der Waals surface area contributed by atoms with E-state index in [1.165, 1.54) is 4.31 Å². The second-order valence-corrected chi connectivity index (χ2v) is 6.53. The molecule has 0 bridgehead atoms. The number of nitrogens with two attached hydrogens (primary N) is 1. The van der Waals surface area contributed by atoms with Gasteiger partial charge in [0, 0.05) is 30.5 Å². The highest BCUT2D eigenvalue weighted by atomic mass is 32.2. The first-order valence-corrected chi connectivity index (χ1v) is 7.41. The molecule has 1 aromatic heterocycles. The first kappa shape index (κ1) is 13.4. The topological polar surface area (TPSA) is 89.2 Å². The second kappa shape index (κ2) is 4.91. The predicted octanol–water partition coefficient (Wildman–Crippen LogP) is 0.205. The van der Waals surface area contributed by atoms with Crippen LogP contribution in [0.4, 0.5) is 0 Å². The standard InChI is InChI=1S/C11H18N4O2S/c1-8-6-9(2)14-11(13-8)18(16,17)15-5-3-4-10(12)7-15/h6,10H,3-5,7,12H2,1-2H3. The van der Waals surface area contributed by atoms with Crippen LogP contribution in [0.1, 0.15) is 24.2 Å². The van der Waals surface area contributed by atoms with E-state index in [-0.39, 0.29) is 11.2 Å². The van der Waals surface area contributed by atoms with Gasteiger partial charge in [-0.3, -0.25) is 0 Å². The van der Waals surface area contributed by atoms with Gasteiger partial charge in [0.05, 0.1) is 0 Å². The summed E-state index contributed by atoms with van der Waals surface area (Å²) in [6, 6.07) is 1.65. The second-order valence-electron chi connectivity index (χ2n) is 4.70. The van der Waals surface area contributed by atoms with E-state index in [2.05, 4.69) is 9.97 Å². The summed E-state index contributed by atoms with van der Waals surface area (Å²) in [5, 5.41) is -0.117. The minimum Gasteiger partial charge on any atom is -0.327 e. The molecule has 1 unspecified atom stereocenters. The Morgan fingerprint density at radius 1 is 1.33 bits per heavy atom. The van der Waals surface area contributed by atoms with Gasteiger partial charge >= 0.3 is 0 Å². The zero-order valence-electron chi connectivity index (χ0n) is 10.6. The van der Waals surface area contributed by atoms with Crippen molar-refractivity contribution in [3.05, 3.63) is 17.5 Å². The van der Waals surface area contributed by atoms with Gasteiger partial charge in [0.1, 0.15) is 0 Å². The summed E-state index contributed by atoms with van der Waals surface area (Å²) in [6.07, 6.45) is 1.64. The number of aromatic nitrogens is 2. The fourth-order valence-electron chi connectivity index (χ4n) is 2.12. The average molecular weight is 270 g/mol. The molecule has 2 heterocycles. The van der Waals surface area contributed by atoms with Crippen LogP contribution in [0.3, 0.4) is 0 Å². The number of hydrogen-bond acceptors (Lipinski definition) is 5. The molecule has 6 nitrogen and oxygen atoms in total. The van der Waals surface area contributed by atoms with Gasteiger partial charge in [0.2, 0.25) is 0 Å². The molecule has 1 fully saturated rings. The smallest absolute Gasteiger partial charge is 0.278 e. The Kier molecular flexibility index (Phi) is 3.65. The molecule has 18 heavy (non-hydrogen) atoms. The highest BCUT2D eigenvalue weighted by Crippen LogP contribution is 2.18. The first-order chi connectivity index (χ1) is 8.39. The maximum Gasteiger partial charge on any atom is 0.278 e. The minimum atomic E-state index is -3.61. The number of sulfonamides is 1. The lowest BCUT2D eigenvalue weighted by Gasteiger charge is -2.29. The van der Waals surface area contributed by atoms with Crippen LogP contribution in [0.25, 0.3) is 0 Å². The largest absolute Gasteiger partial charge is 0.327 e.